The van der Waals surface area contributed by atoms with Crippen molar-refractivity contribution in [1.82, 2.24) is 4.98 Å². The van der Waals surface area contributed by atoms with Gasteiger partial charge in [0.05, 0.1) is 13.5 Å². The van der Waals surface area contributed by atoms with Gasteiger partial charge in [-0.2, -0.15) is 0 Å². The molecular weight excluding hydrogens is 264 g/mol. The van der Waals surface area contributed by atoms with Gasteiger partial charge in [-0.25, -0.2) is 4.98 Å². The molecule has 0 radical (unpaired) electrons. The van der Waals surface area contributed by atoms with Crippen LogP contribution in [-0.4, -0.2) is 18.0 Å². The van der Waals surface area contributed by atoms with Crippen LogP contribution in [0.2, 0.25) is 5.02 Å². The summed E-state index contributed by atoms with van der Waals surface area (Å²) in [5.74, 6) is 1.08. The Hall–Kier alpha value is -2.07. The monoisotopic (exact) mass is 276 g/mol. The molecule has 0 fully saturated rings. The first kappa shape index (κ1) is 13.4. The molecule has 1 heterocycles. The summed E-state index contributed by atoms with van der Waals surface area (Å²) in [5.41, 5.74) is 0.903. The van der Waals surface area contributed by atoms with E-state index in [-0.39, 0.29) is 12.3 Å². The third-order valence-corrected chi connectivity index (χ3v) is 2.75. The molecule has 1 amide bonds. The number of halogens is 1. The highest BCUT2D eigenvalue weighted by Gasteiger charge is 2.05. The number of benzene rings is 1. The van der Waals surface area contributed by atoms with Crippen LogP contribution in [0, 0.1) is 0 Å². The molecule has 0 aliphatic rings. The molecule has 1 aromatic heterocycles. The highest BCUT2D eigenvalue weighted by atomic mass is 35.5. The molecule has 0 saturated carbocycles. The largest absolute Gasteiger partial charge is 0.497 e. The van der Waals surface area contributed by atoms with E-state index in [1.54, 1.807) is 25.4 Å². The minimum absolute atomic E-state index is 0.139. The lowest BCUT2D eigenvalue weighted by Gasteiger charge is -2.05. The van der Waals surface area contributed by atoms with Crippen molar-refractivity contribution in [2.45, 2.75) is 6.42 Å². The molecule has 0 unspecified atom stereocenters. The van der Waals surface area contributed by atoms with E-state index in [1.165, 1.54) is 0 Å². The molecule has 2 aromatic rings. The third-order valence-electron chi connectivity index (χ3n) is 2.51. The molecule has 1 N–H and O–H groups in total. The normalized spacial score (nSPS) is 10.0. The molecular formula is C14H13ClN2O2. The second-order valence-electron chi connectivity index (χ2n) is 3.93. The van der Waals surface area contributed by atoms with Crippen LogP contribution in [0.15, 0.2) is 42.6 Å². The summed E-state index contributed by atoms with van der Waals surface area (Å²) < 4.78 is 5.06. The summed E-state index contributed by atoms with van der Waals surface area (Å²) in [6.07, 6.45) is 1.82. The lowest BCUT2D eigenvalue weighted by molar-refractivity contribution is -0.115. The first-order chi connectivity index (χ1) is 9.17. The van der Waals surface area contributed by atoms with Gasteiger partial charge in [-0.1, -0.05) is 23.7 Å². The Kier molecular flexibility index (Phi) is 4.36. The number of hydrogen-bond donors (Lipinski definition) is 1. The lowest BCUT2D eigenvalue weighted by atomic mass is 10.1. The second kappa shape index (κ2) is 6.20. The molecule has 0 atom stereocenters. The van der Waals surface area contributed by atoms with Crippen molar-refractivity contribution >= 4 is 23.3 Å². The zero-order valence-electron chi connectivity index (χ0n) is 10.4. The zero-order chi connectivity index (χ0) is 13.7. The topological polar surface area (TPSA) is 51.2 Å². The zero-order valence-corrected chi connectivity index (χ0v) is 11.1. The molecule has 0 aliphatic carbocycles. The average Bonchev–Trinajstić information content (AvgIpc) is 2.39. The van der Waals surface area contributed by atoms with Gasteiger partial charge in [0.25, 0.3) is 0 Å². The molecule has 19 heavy (non-hydrogen) atoms. The summed E-state index contributed by atoms with van der Waals surface area (Å²) in [6.45, 7) is 0. The Labute approximate surface area is 116 Å². The van der Waals surface area contributed by atoms with Gasteiger partial charge in [-0.3, -0.25) is 4.79 Å². The predicted molar refractivity (Wildman–Crippen MR) is 74.6 cm³/mol. The molecule has 98 valence electrons. The lowest BCUT2D eigenvalue weighted by Crippen LogP contribution is -2.15. The number of ether oxygens (including phenoxy) is 1. The van der Waals surface area contributed by atoms with Gasteiger partial charge in [0.2, 0.25) is 5.91 Å². The number of anilines is 1. The number of aromatic nitrogens is 1. The van der Waals surface area contributed by atoms with Crippen LogP contribution in [0.25, 0.3) is 0 Å². The van der Waals surface area contributed by atoms with E-state index < -0.39 is 0 Å². The van der Waals surface area contributed by atoms with Gasteiger partial charge in [0.15, 0.2) is 0 Å². The number of methoxy groups -OCH3 is 1. The van der Waals surface area contributed by atoms with E-state index >= 15 is 0 Å². The standard InChI is InChI=1S/C14H13ClN2O2/c1-19-12-4-2-10(3-5-12)8-14(18)17-13-9-11(15)6-7-16-13/h2-7,9H,8H2,1H3,(H,16,17,18). The highest BCUT2D eigenvalue weighted by molar-refractivity contribution is 6.30. The van der Waals surface area contributed by atoms with Crippen molar-refractivity contribution < 1.29 is 9.53 Å². The van der Waals surface area contributed by atoms with Gasteiger partial charge in [-0.05, 0) is 29.8 Å². The number of carbonyl (C=O) groups excluding carboxylic acids is 1. The molecule has 4 nitrogen and oxygen atoms in total. The van der Waals surface area contributed by atoms with E-state index in [2.05, 4.69) is 10.3 Å². The highest BCUT2D eigenvalue weighted by Crippen LogP contribution is 2.14. The van der Waals surface area contributed by atoms with E-state index in [4.69, 9.17) is 16.3 Å². The summed E-state index contributed by atoms with van der Waals surface area (Å²) in [7, 11) is 1.60. The van der Waals surface area contributed by atoms with Gasteiger partial charge in [-0.15, -0.1) is 0 Å². The Bertz CT molecular complexity index is 570. The number of nitrogens with one attached hydrogen (secondary N) is 1. The summed E-state index contributed by atoms with van der Waals surface area (Å²) >= 11 is 5.82. The molecule has 0 aliphatic heterocycles. The van der Waals surface area contributed by atoms with Gasteiger partial charge in [0.1, 0.15) is 11.6 Å². The van der Waals surface area contributed by atoms with Crippen molar-refractivity contribution in [3.63, 3.8) is 0 Å². The SMILES string of the molecule is COc1ccc(CC(=O)Nc2cc(Cl)ccn2)cc1. The maximum absolute atomic E-state index is 11.8. The van der Waals surface area contributed by atoms with E-state index in [0.717, 1.165) is 11.3 Å². The first-order valence-electron chi connectivity index (χ1n) is 5.72. The van der Waals surface area contributed by atoms with Gasteiger partial charge in [0, 0.05) is 11.2 Å². The fourth-order valence-corrected chi connectivity index (χ4v) is 1.75. The quantitative estimate of drug-likeness (QED) is 0.934. The third kappa shape index (κ3) is 3.96. The average molecular weight is 277 g/mol. The van der Waals surface area contributed by atoms with Crippen molar-refractivity contribution in [1.29, 1.82) is 0 Å². The molecule has 2 rings (SSSR count). The fourth-order valence-electron chi connectivity index (χ4n) is 1.59. The Morgan fingerprint density at radius 3 is 2.68 bits per heavy atom. The van der Waals surface area contributed by atoms with E-state index in [0.29, 0.717) is 10.8 Å². The molecule has 0 bridgehead atoms. The Balaban J connectivity index is 1.97. The molecule has 5 heteroatoms. The van der Waals surface area contributed by atoms with Crippen LogP contribution in [0.4, 0.5) is 5.82 Å². The van der Waals surface area contributed by atoms with Crippen LogP contribution in [0.1, 0.15) is 5.56 Å². The minimum Gasteiger partial charge on any atom is -0.497 e. The fraction of sp³-hybridized carbons (Fsp3) is 0.143. The second-order valence-corrected chi connectivity index (χ2v) is 4.37. The number of carbonyl (C=O) groups is 1. The number of nitrogens with zero attached hydrogens (tertiary/aromatic N) is 1. The molecule has 0 spiro atoms. The number of amides is 1. The molecule has 0 saturated heterocycles. The number of hydrogen-bond acceptors (Lipinski definition) is 3. The Morgan fingerprint density at radius 1 is 1.32 bits per heavy atom. The molecule has 1 aromatic carbocycles. The van der Waals surface area contributed by atoms with Gasteiger partial charge < -0.3 is 10.1 Å². The number of rotatable bonds is 4. The smallest absolute Gasteiger partial charge is 0.229 e. The number of pyridine rings is 1. The van der Waals surface area contributed by atoms with E-state index in [1.807, 2.05) is 24.3 Å². The predicted octanol–water partition coefficient (Wildman–Crippen LogP) is 2.92. The van der Waals surface area contributed by atoms with Crippen molar-refractivity contribution in [2.24, 2.45) is 0 Å². The van der Waals surface area contributed by atoms with E-state index in [9.17, 15) is 4.79 Å². The summed E-state index contributed by atoms with van der Waals surface area (Å²) in [5, 5.41) is 3.23. The van der Waals surface area contributed by atoms with Crippen molar-refractivity contribution in [2.75, 3.05) is 12.4 Å². The van der Waals surface area contributed by atoms with Gasteiger partial charge >= 0.3 is 0 Å². The maximum Gasteiger partial charge on any atom is 0.229 e. The van der Waals surface area contributed by atoms with Crippen molar-refractivity contribution in [3.8, 4) is 5.75 Å². The Morgan fingerprint density at radius 2 is 2.05 bits per heavy atom. The minimum atomic E-state index is -0.139. The maximum atomic E-state index is 11.8. The summed E-state index contributed by atoms with van der Waals surface area (Å²) in [4.78, 5) is 15.8. The van der Waals surface area contributed by atoms with Crippen LogP contribution in [0.5, 0.6) is 5.75 Å². The van der Waals surface area contributed by atoms with Crippen LogP contribution >= 0.6 is 11.6 Å². The van der Waals surface area contributed by atoms with Crippen molar-refractivity contribution in [3.05, 3.63) is 53.2 Å². The first-order valence-corrected chi connectivity index (χ1v) is 6.09. The van der Waals surface area contributed by atoms with Crippen LogP contribution in [-0.2, 0) is 11.2 Å². The summed E-state index contributed by atoms with van der Waals surface area (Å²) in [6, 6.07) is 10.6. The van der Waals surface area contributed by atoms with Crippen LogP contribution in [0.3, 0.4) is 0 Å². The van der Waals surface area contributed by atoms with Crippen LogP contribution < -0.4 is 10.1 Å².